The van der Waals surface area contributed by atoms with Crippen LogP contribution in [0.1, 0.15) is 10.6 Å². The number of rotatable bonds is 3. The van der Waals surface area contributed by atoms with Crippen molar-refractivity contribution in [1.82, 2.24) is 4.98 Å². The lowest BCUT2D eigenvalue weighted by Crippen LogP contribution is -2.01. The molecule has 0 atom stereocenters. The van der Waals surface area contributed by atoms with Crippen molar-refractivity contribution >= 4 is 27.3 Å². The zero-order valence-electron chi connectivity index (χ0n) is 9.03. The predicted molar refractivity (Wildman–Crippen MR) is 72.7 cm³/mol. The zero-order valence-corrected chi connectivity index (χ0v) is 11.4. The molecule has 1 aromatic carbocycles. The minimum atomic E-state index is 0.646. The highest BCUT2D eigenvalue weighted by Gasteiger charge is 2.10. The molecular formula is C12H13BrN2S. The monoisotopic (exact) mass is 296 g/mol. The first kappa shape index (κ1) is 11.8. The fraction of sp³-hybridized carbons (Fsp3) is 0.250. The molecule has 0 unspecified atom stereocenters. The van der Waals surface area contributed by atoms with E-state index in [0.29, 0.717) is 6.54 Å². The van der Waals surface area contributed by atoms with E-state index in [1.807, 2.05) is 0 Å². The smallest absolute Gasteiger partial charge is 0.0979 e. The molecule has 0 aliphatic heterocycles. The standard InChI is InChI=1S/C12H13BrN2S/c1-8-2-4-9(5-3-8)11-12(13)16-10(15-11)6-7-14/h2-5H,6-7,14H2,1H3. The van der Waals surface area contributed by atoms with Gasteiger partial charge in [0.1, 0.15) is 0 Å². The van der Waals surface area contributed by atoms with Gasteiger partial charge in [-0.2, -0.15) is 0 Å². The van der Waals surface area contributed by atoms with Crippen LogP contribution in [0.4, 0.5) is 0 Å². The second kappa shape index (κ2) is 5.08. The first-order chi connectivity index (χ1) is 7.70. The predicted octanol–water partition coefficient (Wildman–Crippen LogP) is 3.38. The Morgan fingerprint density at radius 1 is 1.31 bits per heavy atom. The molecular weight excluding hydrogens is 284 g/mol. The Labute approximate surface area is 108 Å². The normalized spacial score (nSPS) is 10.7. The average Bonchev–Trinajstić information content (AvgIpc) is 2.61. The van der Waals surface area contributed by atoms with Gasteiger partial charge in [0.15, 0.2) is 0 Å². The lowest BCUT2D eigenvalue weighted by atomic mass is 10.1. The Morgan fingerprint density at radius 2 is 2.00 bits per heavy atom. The van der Waals surface area contributed by atoms with Crippen molar-refractivity contribution in [3.63, 3.8) is 0 Å². The van der Waals surface area contributed by atoms with Crippen LogP contribution in [0.5, 0.6) is 0 Å². The van der Waals surface area contributed by atoms with Crippen LogP contribution in [-0.4, -0.2) is 11.5 Å². The topological polar surface area (TPSA) is 38.9 Å². The summed E-state index contributed by atoms with van der Waals surface area (Å²) in [5.74, 6) is 0. The molecule has 0 saturated carbocycles. The van der Waals surface area contributed by atoms with Gasteiger partial charge in [0.25, 0.3) is 0 Å². The molecule has 84 valence electrons. The van der Waals surface area contributed by atoms with E-state index >= 15 is 0 Å². The van der Waals surface area contributed by atoms with Gasteiger partial charge in [0.05, 0.1) is 14.5 Å². The highest BCUT2D eigenvalue weighted by atomic mass is 79.9. The average molecular weight is 297 g/mol. The van der Waals surface area contributed by atoms with Gasteiger partial charge in [0.2, 0.25) is 0 Å². The Morgan fingerprint density at radius 3 is 2.62 bits per heavy atom. The summed E-state index contributed by atoms with van der Waals surface area (Å²) in [6, 6.07) is 8.40. The minimum Gasteiger partial charge on any atom is -0.330 e. The maximum absolute atomic E-state index is 5.53. The quantitative estimate of drug-likeness (QED) is 0.943. The summed E-state index contributed by atoms with van der Waals surface area (Å²) >= 11 is 5.22. The van der Waals surface area contributed by atoms with E-state index in [1.54, 1.807) is 11.3 Å². The van der Waals surface area contributed by atoms with Crippen LogP contribution < -0.4 is 5.73 Å². The third-order valence-electron chi connectivity index (χ3n) is 2.31. The van der Waals surface area contributed by atoms with Gasteiger partial charge in [-0.05, 0) is 29.4 Å². The van der Waals surface area contributed by atoms with Crippen molar-refractivity contribution in [2.75, 3.05) is 6.54 Å². The lowest BCUT2D eigenvalue weighted by molar-refractivity contribution is 0.954. The number of thiazole rings is 1. The molecule has 0 amide bonds. The summed E-state index contributed by atoms with van der Waals surface area (Å²) in [6.07, 6.45) is 0.842. The highest BCUT2D eigenvalue weighted by Crippen LogP contribution is 2.33. The number of hydrogen-bond donors (Lipinski definition) is 1. The molecule has 2 rings (SSSR count). The molecule has 0 spiro atoms. The van der Waals surface area contributed by atoms with Crippen LogP contribution in [0.15, 0.2) is 28.1 Å². The number of nitrogens with two attached hydrogens (primary N) is 1. The summed E-state index contributed by atoms with van der Waals surface area (Å²) in [6.45, 7) is 2.73. The summed E-state index contributed by atoms with van der Waals surface area (Å²) < 4.78 is 1.08. The summed E-state index contributed by atoms with van der Waals surface area (Å²) in [5, 5.41) is 1.09. The van der Waals surface area contributed by atoms with Gasteiger partial charge >= 0.3 is 0 Å². The zero-order chi connectivity index (χ0) is 11.5. The number of aromatic nitrogens is 1. The molecule has 0 fully saturated rings. The second-order valence-electron chi connectivity index (χ2n) is 3.63. The van der Waals surface area contributed by atoms with Crippen LogP contribution in [0.25, 0.3) is 11.3 Å². The molecule has 4 heteroatoms. The maximum atomic E-state index is 5.53. The number of hydrogen-bond acceptors (Lipinski definition) is 3. The second-order valence-corrected chi connectivity index (χ2v) is 6.04. The molecule has 0 saturated heterocycles. The molecule has 0 radical (unpaired) electrons. The largest absolute Gasteiger partial charge is 0.330 e. The van der Waals surface area contributed by atoms with Gasteiger partial charge in [-0.1, -0.05) is 29.8 Å². The van der Waals surface area contributed by atoms with Crippen molar-refractivity contribution in [2.45, 2.75) is 13.3 Å². The van der Waals surface area contributed by atoms with E-state index in [1.165, 1.54) is 5.56 Å². The first-order valence-electron chi connectivity index (χ1n) is 5.13. The van der Waals surface area contributed by atoms with E-state index in [4.69, 9.17) is 5.73 Å². The molecule has 0 bridgehead atoms. The number of nitrogens with zero attached hydrogens (tertiary/aromatic N) is 1. The maximum Gasteiger partial charge on any atom is 0.0979 e. The van der Waals surface area contributed by atoms with Gasteiger partial charge in [-0.15, -0.1) is 11.3 Å². The Kier molecular flexibility index (Phi) is 3.74. The number of halogens is 1. The van der Waals surface area contributed by atoms with E-state index < -0.39 is 0 Å². The third-order valence-corrected chi connectivity index (χ3v) is 4.08. The van der Waals surface area contributed by atoms with Gasteiger partial charge in [-0.3, -0.25) is 0 Å². The molecule has 1 heterocycles. The Balaban J connectivity index is 2.36. The molecule has 2 nitrogen and oxygen atoms in total. The van der Waals surface area contributed by atoms with Crippen LogP contribution in [0, 0.1) is 6.92 Å². The van der Waals surface area contributed by atoms with E-state index in [0.717, 1.165) is 26.5 Å². The van der Waals surface area contributed by atoms with Crippen molar-refractivity contribution in [3.05, 3.63) is 38.6 Å². The van der Waals surface area contributed by atoms with Crippen LogP contribution in [0.2, 0.25) is 0 Å². The van der Waals surface area contributed by atoms with Crippen molar-refractivity contribution in [3.8, 4) is 11.3 Å². The fourth-order valence-electron chi connectivity index (χ4n) is 1.46. The molecule has 16 heavy (non-hydrogen) atoms. The van der Waals surface area contributed by atoms with Gasteiger partial charge < -0.3 is 5.73 Å². The van der Waals surface area contributed by atoms with Gasteiger partial charge in [-0.25, -0.2) is 4.98 Å². The molecule has 2 N–H and O–H groups in total. The highest BCUT2D eigenvalue weighted by molar-refractivity contribution is 9.11. The first-order valence-corrected chi connectivity index (χ1v) is 6.74. The number of aryl methyl sites for hydroxylation is 1. The summed E-state index contributed by atoms with van der Waals surface area (Å²) in [4.78, 5) is 4.59. The molecule has 0 aliphatic rings. The number of benzene rings is 1. The van der Waals surface area contributed by atoms with E-state index in [9.17, 15) is 0 Å². The summed E-state index contributed by atoms with van der Waals surface area (Å²) in [5.41, 5.74) is 8.96. The molecule has 2 aromatic rings. The lowest BCUT2D eigenvalue weighted by Gasteiger charge is -1.98. The van der Waals surface area contributed by atoms with Crippen LogP contribution in [-0.2, 0) is 6.42 Å². The van der Waals surface area contributed by atoms with Crippen LogP contribution in [0.3, 0.4) is 0 Å². The third kappa shape index (κ3) is 2.51. The molecule has 1 aromatic heterocycles. The van der Waals surface area contributed by atoms with Crippen LogP contribution >= 0.6 is 27.3 Å². The SMILES string of the molecule is Cc1ccc(-c2nc(CCN)sc2Br)cc1. The molecule has 0 aliphatic carbocycles. The minimum absolute atomic E-state index is 0.646. The fourth-order valence-corrected chi connectivity index (χ4v) is 3.17. The van der Waals surface area contributed by atoms with Crippen molar-refractivity contribution in [1.29, 1.82) is 0 Å². The Hall–Kier alpha value is -0.710. The van der Waals surface area contributed by atoms with E-state index in [2.05, 4.69) is 52.1 Å². The van der Waals surface area contributed by atoms with Crippen molar-refractivity contribution < 1.29 is 0 Å². The van der Waals surface area contributed by atoms with Crippen molar-refractivity contribution in [2.24, 2.45) is 5.73 Å². The van der Waals surface area contributed by atoms with E-state index in [-0.39, 0.29) is 0 Å². The van der Waals surface area contributed by atoms with Gasteiger partial charge in [0, 0.05) is 12.0 Å². The Bertz CT molecular complexity index is 476. The summed E-state index contributed by atoms with van der Waals surface area (Å²) in [7, 11) is 0.